The molecule has 1 aliphatic carbocycles. The molecular formula is C27H35N6O9P. The van der Waals surface area contributed by atoms with E-state index in [0.717, 1.165) is 0 Å². The number of nitrogen functional groups attached to an aromatic ring is 1. The predicted octanol–water partition coefficient (Wildman–Crippen LogP) is 2.24. The zero-order valence-corrected chi connectivity index (χ0v) is 25.0. The smallest absolute Gasteiger partial charge is 0.459 e. The highest BCUT2D eigenvalue weighted by atomic mass is 31.2. The normalized spacial score (nSPS) is 21.3. The van der Waals surface area contributed by atoms with Gasteiger partial charge in [0.1, 0.15) is 11.8 Å². The Morgan fingerprint density at radius 3 is 2.58 bits per heavy atom. The van der Waals surface area contributed by atoms with E-state index in [1.807, 2.05) is 0 Å². The molecule has 0 unspecified atom stereocenters. The molecule has 0 saturated heterocycles. The van der Waals surface area contributed by atoms with Gasteiger partial charge in [-0.1, -0.05) is 24.8 Å². The average Bonchev–Trinajstić information content (AvgIpc) is 3.47. The van der Waals surface area contributed by atoms with Crippen LogP contribution in [0.15, 0.2) is 53.6 Å². The molecule has 1 saturated carbocycles. The molecule has 3 aromatic rings. The van der Waals surface area contributed by atoms with E-state index in [4.69, 9.17) is 24.3 Å². The number of imidazole rings is 1. The second kappa shape index (κ2) is 13.1. The number of carbonyl (C=O) groups is 2. The van der Waals surface area contributed by atoms with Crippen molar-refractivity contribution in [2.75, 3.05) is 12.3 Å². The predicted molar refractivity (Wildman–Crippen MR) is 155 cm³/mol. The summed E-state index contributed by atoms with van der Waals surface area (Å²) in [4.78, 5) is 47.7. The van der Waals surface area contributed by atoms with Crippen molar-refractivity contribution in [1.82, 2.24) is 24.6 Å². The first kappa shape index (κ1) is 31.9. The number of nitrogens with one attached hydrogen (secondary N) is 2. The Balaban J connectivity index is 1.49. The van der Waals surface area contributed by atoms with E-state index in [1.54, 1.807) is 48.7 Å². The van der Waals surface area contributed by atoms with Gasteiger partial charge in [-0.3, -0.25) is 19.1 Å². The molecule has 4 rings (SSSR count). The van der Waals surface area contributed by atoms with Gasteiger partial charge in [-0.2, -0.15) is 10.1 Å². The number of carbonyl (C=O) groups excluding carboxylic acids is 2. The molecule has 43 heavy (non-hydrogen) atoms. The molecule has 15 nitrogen and oxygen atoms in total. The first-order valence-electron chi connectivity index (χ1n) is 13.5. The average molecular weight is 619 g/mol. The Labute approximate surface area is 247 Å². The van der Waals surface area contributed by atoms with E-state index in [1.165, 1.54) is 20.2 Å². The van der Waals surface area contributed by atoms with E-state index in [2.05, 4.69) is 26.6 Å². The number of aliphatic hydroxyl groups excluding tert-OH is 1. The number of aromatic amines is 1. The van der Waals surface area contributed by atoms with Crippen molar-refractivity contribution in [2.45, 2.75) is 64.5 Å². The van der Waals surface area contributed by atoms with Crippen LogP contribution in [0.25, 0.3) is 11.2 Å². The van der Waals surface area contributed by atoms with Crippen molar-refractivity contribution in [3.8, 4) is 5.75 Å². The van der Waals surface area contributed by atoms with Crippen LogP contribution in [0.1, 0.15) is 40.2 Å². The molecule has 0 amide bonds. The Morgan fingerprint density at radius 1 is 1.21 bits per heavy atom. The summed E-state index contributed by atoms with van der Waals surface area (Å²) in [7, 11) is -4.29. The van der Waals surface area contributed by atoms with Crippen molar-refractivity contribution in [2.24, 2.45) is 5.92 Å². The highest BCUT2D eigenvalue weighted by Crippen LogP contribution is 2.48. The largest absolute Gasteiger partial charge is 0.460 e. The van der Waals surface area contributed by atoms with Crippen molar-refractivity contribution >= 4 is 36.8 Å². The molecule has 232 valence electrons. The summed E-state index contributed by atoms with van der Waals surface area (Å²) in [5, 5.41) is 13.5. The maximum atomic E-state index is 13.9. The standard InChI is InChI=1S/C27H35N6O9P/c1-14(2)40-26(37)17(5)41-25(36)16(4)32-43(38,42-18-9-7-6-8-10-18)39-12-19-15(3)20(11-21(19)34)33-13-29-22-23(33)30-27(28)31-24(22)35/h6-10,13-14,16-17,19-21,34H,3,11-12H2,1-2,4-5H3,(H,32,38)(H3,28,30,31,35)/t16-,17-,19-,20-,21-,43-/m0/s1. The first-order chi connectivity index (χ1) is 20.3. The number of rotatable bonds is 12. The van der Waals surface area contributed by atoms with Gasteiger partial charge >= 0.3 is 19.7 Å². The number of nitrogens with two attached hydrogens (primary N) is 1. The number of H-pyrrole nitrogens is 1. The Kier molecular flexibility index (Phi) is 9.70. The van der Waals surface area contributed by atoms with Crippen LogP contribution in [-0.2, 0) is 28.2 Å². The van der Waals surface area contributed by atoms with Crippen LogP contribution in [0.2, 0.25) is 0 Å². The number of benzene rings is 1. The molecular weight excluding hydrogens is 583 g/mol. The van der Waals surface area contributed by atoms with Crippen molar-refractivity contribution in [3.05, 3.63) is 59.2 Å². The summed E-state index contributed by atoms with van der Waals surface area (Å²) in [6.07, 6.45) is -0.995. The lowest BCUT2D eigenvalue weighted by Gasteiger charge is -2.25. The summed E-state index contributed by atoms with van der Waals surface area (Å²) < 4.78 is 37.2. The Morgan fingerprint density at radius 2 is 1.91 bits per heavy atom. The fourth-order valence-electron chi connectivity index (χ4n) is 4.55. The number of nitrogens with zero attached hydrogens (tertiary/aromatic N) is 3. The number of ether oxygens (including phenoxy) is 2. The number of para-hydroxylation sites is 1. The van der Waals surface area contributed by atoms with Gasteiger partial charge < -0.3 is 29.4 Å². The highest BCUT2D eigenvalue weighted by molar-refractivity contribution is 7.52. The Hall–Kier alpha value is -4.04. The first-order valence-corrected chi connectivity index (χ1v) is 15.1. The number of aromatic nitrogens is 4. The van der Waals surface area contributed by atoms with Gasteiger partial charge in [0.2, 0.25) is 5.95 Å². The number of esters is 2. The monoisotopic (exact) mass is 618 g/mol. The summed E-state index contributed by atoms with van der Waals surface area (Å²) in [6, 6.07) is 6.40. The van der Waals surface area contributed by atoms with Crippen molar-refractivity contribution in [3.63, 3.8) is 0 Å². The van der Waals surface area contributed by atoms with E-state index in [9.17, 15) is 24.1 Å². The quantitative estimate of drug-likeness (QED) is 0.131. The Bertz CT molecular complexity index is 1590. The van der Waals surface area contributed by atoms with Crippen molar-refractivity contribution < 1.29 is 37.8 Å². The summed E-state index contributed by atoms with van der Waals surface area (Å²) in [5.74, 6) is -2.24. The molecule has 0 bridgehead atoms. The van der Waals surface area contributed by atoms with Crippen LogP contribution in [0.5, 0.6) is 5.75 Å². The fourth-order valence-corrected chi connectivity index (χ4v) is 6.07. The van der Waals surface area contributed by atoms with E-state index < -0.39 is 61.6 Å². The zero-order chi connectivity index (χ0) is 31.5. The third-order valence-corrected chi connectivity index (χ3v) is 8.34. The lowest BCUT2D eigenvalue weighted by atomic mass is 10.0. The minimum atomic E-state index is -4.29. The number of fused-ring (bicyclic) bond motifs is 1. The number of aliphatic hydroxyl groups is 1. The maximum absolute atomic E-state index is 13.9. The minimum absolute atomic E-state index is 0.0776. The molecule has 1 aliphatic rings. The molecule has 2 aromatic heterocycles. The molecule has 2 heterocycles. The van der Waals surface area contributed by atoms with Crippen LogP contribution < -0.4 is 20.9 Å². The van der Waals surface area contributed by atoms with Crippen LogP contribution in [0, 0.1) is 5.92 Å². The molecule has 5 N–H and O–H groups in total. The molecule has 0 spiro atoms. The van der Waals surface area contributed by atoms with Gasteiger partial charge in [-0.15, -0.1) is 0 Å². The number of hydrogen-bond donors (Lipinski definition) is 4. The summed E-state index contributed by atoms with van der Waals surface area (Å²) >= 11 is 0. The molecule has 16 heteroatoms. The maximum Gasteiger partial charge on any atom is 0.459 e. The molecule has 1 fully saturated rings. The second-order valence-corrected chi connectivity index (χ2v) is 12.1. The number of hydrogen-bond acceptors (Lipinski definition) is 12. The van der Waals surface area contributed by atoms with Gasteiger partial charge in [0, 0.05) is 5.92 Å². The fraction of sp³-hybridized carbons (Fsp3) is 0.444. The zero-order valence-electron chi connectivity index (χ0n) is 24.1. The van der Waals surface area contributed by atoms with Crippen LogP contribution in [0.4, 0.5) is 5.95 Å². The lowest BCUT2D eigenvalue weighted by molar-refractivity contribution is -0.169. The van der Waals surface area contributed by atoms with E-state index in [0.29, 0.717) is 5.57 Å². The van der Waals surface area contributed by atoms with Crippen LogP contribution in [-0.4, -0.2) is 67.5 Å². The molecule has 0 aliphatic heterocycles. The highest BCUT2D eigenvalue weighted by Gasteiger charge is 2.41. The topological polar surface area (TPSA) is 210 Å². The molecule has 0 radical (unpaired) electrons. The summed E-state index contributed by atoms with van der Waals surface area (Å²) in [6.45, 7) is 9.86. The van der Waals surface area contributed by atoms with Gasteiger partial charge in [-0.05, 0) is 51.8 Å². The second-order valence-electron chi connectivity index (χ2n) is 10.4. The van der Waals surface area contributed by atoms with Crippen LogP contribution in [0.3, 0.4) is 0 Å². The summed E-state index contributed by atoms with van der Waals surface area (Å²) in [5.41, 5.74) is 6.01. The van der Waals surface area contributed by atoms with Gasteiger partial charge in [0.05, 0.1) is 31.2 Å². The minimum Gasteiger partial charge on any atom is -0.460 e. The van der Waals surface area contributed by atoms with Crippen molar-refractivity contribution in [1.29, 1.82) is 0 Å². The third kappa shape index (κ3) is 7.49. The van der Waals surface area contributed by atoms with E-state index >= 15 is 0 Å². The third-order valence-electron chi connectivity index (χ3n) is 6.69. The van der Waals surface area contributed by atoms with E-state index in [-0.39, 0.29) is 35.9 Å². The van der Waals surface area contributed by atoms with Crippen LogP contribution >= 0.6 is 7.75 Å². The molecule has 6 atom stereocenters. The SMILES string of the molecule is C=C1[C@H](CO[P@@](=O)(N[C@@H](C)C(=O)O[C@@H](C)C(=O)OC(C)C)Oc2ccccc2)[C@@H](O)C[C@@H]1n1cnc2c(=O)[nH]c(N)nc21. The lowest BCUT2D eigenvalue weighted by Crippen LogP contribution is -2.39. The van der Waals surface area contributed by atoms with Gasteiger partial charge in [0.25, 0.3) is 5.56 Å². The number of anilines is 1. The van der Waals surface area contributed by atoms with Gasteiger partial charge in [-0.25, -0.2) is 14.3 Å². The molecule has 1 aromatic carbocycles. The van der Waals surface area contributed by atoms with Gasteiger partial charge in [0.15, 0.2) is 17.3 Å².